The molecule has 30 heavy (non-hydrogen) atoms. The quantitative estimate of drug-likeness (QED) is 0.496. The minimum atomic E-state index is -1.07. The first-order valence-electron chi connectivity index (χ1n) is 10.3. The first kappa shape index (κ1) is 18.6. The average Bonchev–Trinajstić information content (AvgIpc) is 3.04. The molecular weight excluding hydrogens is 376 g/mol. The Morgan fingerprint density at radius 1 is 0.933 bits per heavy atom. The van der Waals surface area contributed by atoms with Gasteiger partial charge in [0.05, 0.1) is 5.56 Å². The van der Waals surface area contributed by atoms with Crippen LogP contribution in [0, 0.1) is 6.92 Å². The standard InChI is InChI=1S/C25H24N2O3/c1-4-27(5-2)16-10-11-19-23(13-16)29-22-12-15(3)21(26)14-20(22)25(19)18-9-7-6-8-17(18)24(28)30-25/h6-14H,4-5,26H2,1-3H3. The molecule has 2 aliphatic heterocycles. The lowest BCUT2D eigenvalue weighted by atomic mass is 9.77. The van der Waals surface area contributed by atoms with Crippen molar-refractivity contribution in [3.63, 3.8) is 0 Å². The van der Waals surface area contributed by atoms with Crippen molar-refractivity contribution in [1.29, 1.82) is 0 Å². The van der Waals surface area contributed by atoms with Crippen LogP contribution >= 0.6 is 0 Å². The first-order valence-corrected chi connectivity index (χ1v) is 10.3. The van der Waals surface area contributed by atoms with Crippen molar-refractivity contribution < 1.29 is 14.3 Å². The highest BCUT2D eigenvalue weighted by Gasteiger charge is 2.53. The lowest BCUT2D eigenvalue weighted by molar-refractivity contribution is 0.0224. The molecule has 1 spiro atoms. The zero-order valence-corrected chi connectivity index (χ0v) is 17.4. The highest BCUT2D eigenvalue weighted by atomic mass is 16.6. The molecule has 1 unspecified atom stereocenters. The molecule has 2 aliphatic rings. The van der Waals surface area contributed by atoms with Crippen LogP contribution in [0.3, 0.4) is 0 Å². The maximum absolute atomic E-state index is 12.9. The maximum atomic E-state index is 12.9. The van der Waals surface area contributed by atoms with Gasteiger partial charge >= 0.3 is 5.97 Å². The monoisotopic (exact) mass is 400 g/mol. The molecule has 0 aromatic heterocycles. The van der Waals surface area contributed by atoms with Crippen LogP contribution in [0.1, 0.15) is 46.5 Å². The van der Waals surface area contributed by atoms with Gasteiger partial charge in [0, 0.05) is 47.2 Å². The molecule has 0 radical (unpaired) electrons. The van der Waals surface area contributed by atoms with Crippen LogP contribution in [0.2, 0.25) is 0 Å². The second-order valence-electron chi connectivity index (χ2n) is 7.78. The van der Waals surface area contributed by atoms with E-state index in [9.17, 15) is 4.79 Å². The lowest BCUT2D eigenvalue weighted by Crippen LogP contribution is -2.33. The van der Waals surface area contributed by atoms with Crippen LogP contribution in [0.15, 0.2) is 54.6 Å². The fourth-order valence-corrected chi connectivity index (χ4v) is 4.61. The van der Waals surface area contributed by atoms with Gasteiger partial charge in [-0.05, 0) is 56.7 Å². The highest BCUT2D eigenvalue weighted by Crippen LogP contribution is 2.57. The summed E-state index contributed by atoms with van der Waals surface area (Å²) >= 11 is 0. The predicted octanol–water partition coefficient (Wildman–Crippen LogP) is 4.99. The van der Waals surface area contributed by atoms with E-state index < -0.39 is 5.60 Å². The molecule has 0 amide bonds. The molecule has 0 saturated carbocycles. The van der Waals surface area contributed by atoms with E-state index in [2.05, 4.69) is 24.8 Å². The lowest BCUT2D eigenvalue weighted by Gasteiger charge is -2.37. The normalized spacial score (nSPS) is 18.3. The zero-order chi connectivity index (χ0) is 21.0. The number of nitrogens with zero attached hydrogens (tertiary/aromatic N) is 1. The van der Waals surface area contributed by atoms with Crippen molar-refractivity contribution in [1.82, 2.24) is 0 Å². The van der Waals surface area contributed by atoms with Crippen LogP contribution < -0.4 is 15.4 Å². The Kier molecular flexibility index (Phi) is 4.03. The SMILES string of the molecule is CCN(CC)c1ccc2c(c1)Oc1cc(C)c(N)cc1C21OC(=O)c2ccccc21. The van der Waals surface area contributed by atoms with E-state index in [-0.39, 0.29) is 5.97 Å². The molecule has 5 heteroatoms. The van der Waals surface area contributed by atoms with Crippen LogP contribution in [-0.4, -0.2) is 19.1 Å². The number of ether oxygens (including phenoxy) is 2. The molecule has 152 valence electrons. The highest BCUT2D eigenvalue weighted by molar-refractivity contribution is 5.97. The summed E-state index contributed by atoms with van der Waals surface area (Å²) in [6.07, 6.45) is 0. The number of carbonyl (C=O) groups excluding carboxylic acids is 1. The third-order valence-electron chi connectivity index (χ3n) is 6.21. The molecule has 3 aromatic carbocycles. The van der Waals surface area contributed by atoms with Crippen molar-refractivity contribution in [3.05, 3.63) is 82.4 Å². The fourth-order valence-electron chi connectivity index (χ4n) is 4.61. The summed E-state index contributed by atoms with van der Waals surface area (Å²) in [7, 11) is 0. The van der Waals surface area contributed by atoms with E-state index >= 15 is 0 Å². The topological polar surface area (TPSA) is 64.8 Å². The van der Waals surface area contributed by atoms with Gasteiger partial charge in [0.15, 0.2) is 5.60 Å². The number of benzene rings is 3. The van der Waals surface area contributed by atoms with Gasteiger partial charge in [-0.3, -0.25) is 0 Å². The Hall–Kier alpha value is -3.47. The van der Waals surface area contributed by atoms with Crippen molar-refractivity contribution >= 4 is 17.3 Å². The molecule has 0 saturated heterocycles. The minimum absolute atomic E-state index is 0.337. The van der Waals surface area contributed by atoms with Gasteiger partial charge in [0.2, 0.25) is 0 Å². The number of fused-ring (bicyclic) bond motifs is 6. The van der Waals surface area contributed by atoms with Gasteiger partial charge in [0.1, 0.15) is 11.5 Å². The Balaban J connectivity index is 1.82. The molecule has 0 bridgehead atoms. The molecule has 0 fully saturated rings. The predicted molar refractivity (Wildman–Crippen MR) is 117 cm³/mol. The molecular formula is C25H24N2O3. The number of esters is 1. The minimum Gasteiger partial charge on any atom is -0.456 e. The summed E-state index contributed by atoms with van der Waals surface area (Å²) in [6.45, 7) is 7.99. The third kappa shape index (κ3) is 2.38. The van der Waals surface area contributed by atoms with Crippen molar-refractivity contribution in [3.8, 4) is 11.5 Å². The maximum Gasteiger partial charge on any atom is 0.340 e. The van der Waals surface area contributed by atoms with Gasteiger partial charge < -0.3 is 20.1 Å². The summed E-state index contributed by atoms with van der Waals surface area (Å²) in [4.78, 5) is 15.1. The van der Waals surface area contributed by atoms with Crippen LogP contribution in [0.4, 0.5) is 11.4 Å². The van der Waals surface area contributed by atoms with Crippen LogP contribution in [0.5, 0.6) is 11.5 Å². The zero-order valence-electron chi connectivity index (χ0n) is 17.4. The number of nitrogen functional groups attached to an aromatic ring is 1. The van der Waals surface area contributed by atoms with E-state index in [0.717, 1.165) is 41.0 Å². The average molecular weight is 400 g/mol. The van der Waals surface area contributed by atoms with E-state index in [1.54, 1.807) is 0 Å². The van der Waals surface area contributed by atoms with E-state index in [0.29, 0.717) is 22.7 Å². The Bertz CT molecular complexity index is 1180. The summed E-state index contributed by atoms with van der Waals surface area (Å²) < 4.78 is 12.5. The Labute approximate surface area is 176 Å². The second-order valence-corrected chi connectivity index (χ2v) is 7.78. The molecule has 5 nitrogen and oxygen atoms in total. The van der Waals surface area contributed by atoms with E-state index in [1.807, 2.05) is 55.5 Å². The fraction of sp³-hybridized carbons (Fsp3) is 0.240. The van der Waals surface area contributed by atoms with Gasteiger partial charge in [-0.15, -0.1) is 0 Å². The first-order chi connectivity index (χ1) is 14.5. The van der Waals surface area contributed by atoms with Crippen LogP contribution in [0.25, 0.3) is 0 Å². The van der Waals surface area contributed by atoms with E-state index in [1.165, 1.54) is 0 Å². The number of aryl methyl sites for hydroxylation is 1. The van der Waals surface area contributed by atoms with Gasteiger partial charge in [-0.25, -0.2) is 4.79 Å². The second kappa shape index (κ2) is 6.52. The smallest absolute Gasteiger partial charge is 0.340 e. The van der Waals surface area contributed by atoms with Gasteiger partial charge in [0.25, 0.3) is 0 Å². The summed E-state index contributed by atoms with van der Waals surface area (Å²) in [6, 6.07) is 17.5. The number of nitrogens with two attached hydrogens (primary N) is 1. The van der Waals surface area contributed by atoms with Crippen LogP contribution in [-0.2, 0) is 10.3 Å². The number of hydrogen-bond donors (Lipinski definition) is 1. The van der Waals surface area contributed by atoms with Crippen molar-refractivity contribution in [2.24, 2.45) is 0 Å². The van der Waals surface area contributed by atoms with E-state index in [4.69, 9.17) is 15.2 Å². The molecule has 2 heterocycles. The number of carbonyl (C=O) groups is 1. The third-order valence-corrected chi connectivity index (χ3v) is 6.21. The molecule has 2 N–H and O–H groups in total. The molecule has 1 atom stereocenters. The summed E-state index contributed by atoms with van der Waals surface area (Å²) in [5.41, 5.74) is 10.8. The molecule has 0 aliphatic carbocycles. The molecule has 5 rings (SSSR count). The Morgan fingerprint density at radius 3 is 2.43 bits per heavy atom. The van der Waals surface area contributed by atoms with Gasteiger partial charge in [-0.1, -0.05) is 18.2 Å². The van der Waals surface area contributed by atoms with Crippen molar-refractivity contribution in [2.45, 2.75) is 26.4 Å². The van der Waals surface area contributed by atoms with Gasteiger partial charge in [-0.2, -0.15) is 0 Å². The van der Waals surface area contributed by atoms with Crippen molar-refractivity contribution in [2.75, 3.05) is 23.7 Å². The number of hydrogen-bond acceptors (Lipinski definition) is 5. The largest absolute Gasteiger partial charge is 0.456 e. The molecule has 3 aromatic rings. The summed E-state index contributed by atoms with van der Waals surface area (Å²) in [5.74, 6) is 1.02. The Morgan fingerprint density at radius 2 is 1.67 bits per heavy atom. The number of rotatable bonds is 3. The number of anilines is 2. The summed E-state index contributed by atoms with van der Waals surface area (Å²) in [5, 5.41) is 0.